The number of H-pyrrole nitrogens is 1. The molecule has 0 bridgehead atoms. The maximum absolute atomic E-state index is 11.5. The standard InChI is InChI=1S/C14H15BrN2O2/c1-8(2)14-16-12(18)7-13(17-14)19-10-4-5-11(15)9(3)6-10/h4-8H,1-3H3,(H,16,17,18). The first-order chi connectivity index (χ1) is 8.95. The van der Waals surface area contributed by atoms with Crippen molar-refractivity contribution in [2.24, 2.45) is 0 Å². The second kappa shape index (κ2) is 5.57. The van der Waals surface area contributed by atoms with Gasteiger partial charge in [-0.15, -0.1) is 0 Å². The van der Waals surface area contributed by atoms with Crippen LogP contribution in [0.3, 0.4) is 0 Å². The van der Waals surface area contributed by atoms with E-state index < -0.39 is 0 Å². The maximum Gasteiger partial charge on any atom is 0.254 e. The van der Waals surface area contributed by atoms with Gasteiger partial charge in [-0.05, 0) is 30.7 Å². The molecule has 0 aliphatic carbocycles. The molecule has 1 N–H and O–H groups in total. The van der Waals surface area contributed by atoms with E-state index in [0.29, 0.717) is 17.5 Å². The lowest BCUT2D eigenvalue weighted by Crippen LogP contribution is -2.11. The summed E-state index contributed by atoms with van der Waals surface area (Å²) < 4.78 is 6.65. The van der Waals surface area contributed by atoms with Crippen molar-refractivity contribution in [3.05, 3.63) is 50.5 Å². The van der Waals surface area contributed by atoms with E-state index in [9.17, 15) is 4.79 Å². The van der Waals surface area contributed by atoms with Crippen molar-refractivity contribution in [3.8, 4) is 11.6 Å². The Morgan fingerprint density at radius 2 is 2.05 bits per heavy atom. The van der Waals surface area contributed by atoms with Gasteiger partial charge in [-0.1, -0.05) is 29.8 Å². The summed E-state index contributed by atoms with van der Waals surface area (Å²) in [5, 5.41) is 0. The molecule has 0 saturated heterocycles. The Hall–Kier alpha value is -1.62. The van der Waals surface area contributed by atoms with Crippen molar-refractivity contribution in [1.82, 2.24) is 9.97 Å². The van der Waals surface area contributed by atoms with Gasteiger partial charge in [0.15, 0.2) is 0 Å². The third-order valence-corrected chi connectivity index (χ3v) is 3.52. The molecule has 4 nitrogen and oxygen atoms in total. The molecule has 1 aromatic carbocycles. The van der Waals surface area contributed by atoms with E-state index in [2.05, 4.69) is 25.9 Å². The number of ether oxygens (including phenoxy) is 1. The van der Waals surface area contributed by atoms with Crippen molar-refractivity contribution < 1.29 is 4.74 Å². The summed E-state index contributed by atoms with van der Waals surface area (Å²) in [5.41, 5.74) is 0.856. The van der Waals surface area contributed by atoms with Crippen molar-refractivity contribution in [3.63, 3.8) is 0 Å². The summed E-state index contributed by atoms with van der Waals surface area (Å²) in [6.07, 6.45) is 0. The highest BCUT2D eigenvalue weighted by Crippen LogP contribution is 2.25. The molecule has 0 aliphatic rings. The molecule has 5 heteroatoms. The predicted molar refractivity (Wildman–Crippen MR) is 77.9 cm³/mol. The zero-order chi connectivity index (χ0) is 14.0. The number of nitrogens with one attached hydrogen (secondary N) is 1. The van der Waals surface area contributed by atoms with Crippen molar-refractivity contribution in [1.29, 1.82) is 0 Å². The first-order valence-corrected chi connectivity index (χ1v) is 6.80. The average Bonchev–Trinajstić information content (AvgIpc) is 2.33. The van der Waals surface area contributed by atoms with Crippen molar-refractivity contribution >= 4 is 15.9 Å². The molecule has 2 aromatic rings. The molecule has 100 valence electrons. The van der Waals surface area contributed by atoms with Crippen LogP contribution < -0.4 is 10.3 Å². The van der Waals surface area contributed by atoms with Crippen molar-refractivity contribution in [2.45, 2.75) is 26.7 Å². The molecule has 19 heavy (non-hydrogen) atoms. The van der Waals surface area contributed by atoms with Gasteiger partial charge in [0.2, 0.25) is 5.88 Å². The summed E-state index contributed by atoms with van der Waals surface area (Å²) in [6, 6.07) is 6.97. The molecule has 0 unspecified atom stereocenters. The number of aryl methyl sites for hydroxylation is 1. The van der Waals surface area contributed by atoms with Crippen LogP contribution in [-0.4, -0.2) is 9.97 Å². The molecule has 0 spiro atoms. The monoisotopic (exact) mass is 322 g/mol. The first kappa shape index (κ1) is 13.8. The zero-order valence-corrected chi connectivity index (χ0v) is 12.6. The minimum atomic E-state index is -0.206. The number of benzene rings is 1. The largest absolute Gasteiger partial charge is 0.439 e. The molecule has 1 aromatic heterocycles. The Kier molecular flexibility index (Phi) is 4.04. The number of halogens is 1. The Morgan fingerprint density at radius 3 is 2.68 bits per heavy atom. The van der Waals surface area contributed by atoms with Crippen molar-refractivity contribution in [2.75, 3.05) is 0 Å². The lowest BCUT2D eigenvalue weighted by atomic mass is 10.2. The fourth-order valence-electron chi connectivity index (χ4n) is 1.58. The molecule has 0 aliphatic heterocycles. The van der Waals surface area contributed by atoms with Gasteiger partial charge >= 0.3 is 0 Å². The lowest BCUT2D eigenvalue weighted by Gasteiger charge is -2.09. The molecular weight excluding hydrogens is 308 g/mol. The van der Waals surface area contributed by atoms with E-state index in [-0.39, 0.29) is 11.5 Å². The predicted octanol–water partition coefficient (Wildman–Crippen LogP) is 3.76. The van der Waals surface area contributed by atoms with Gasteiger partial charge in [-0.25, -0.2) is 0 Å². The molecule has 0 saturated carbocycles. The van der Waals surface area contributed by atoms with Crippen LogP contribution in [0.4, 0.5) is 0 Å². The number of aromatic amines is 1. The Bertz CT molecular complexity index is 650. The molecule has 1 heterocycles. The molecular formula is C14H15BrN2O2. The average molecular weight is 323 g/mol. The third kappa shape index (κ3) is 3.44. The van der Waals surface area contributed by atoms with E-state index in [1.165, 1.54) is 6.07 Å². The minimum Gasteiger partial charge on any atom is -0.439 e. The first-order valence-electron chi connectivity index (χ1n) is 6.01. The van der Waals surface area contributed by atoms with Crippen LogP contribution in [-0.2, 0) is 0 Å². The van der Waals surface area contributed by atoms with Gasteiger partial charge in [0.05, 0.1) is 6.07 Å². The number of rotatable bonds is 3. The molecule has 0 atom stereocenters. The van der Waals surface area contributed by atoms with Gasteiger partial charge in [0.25, 0.3) is 5.56 Å². The fraction of sp³-hybridized carbons (Fsp3) is 0.286. The van der Waals surface area contributed by atoms with Gasteiger partial charge in [-0.2, -0.15) is 4.98 Å². The Balaban J connectivity index is 2.32. The highest BCUT2D eigenvalue weighted by Gasteiger charge is 2.07. The summed E-state index contributed by atoms with van der Waals surface area (Å²) in [7, 11) is 0. The van der Waals surface area contributed by atoms with Crippen LogP contribution in [0.2, 0.25) is 0 Å². The second-order valence-corrected chi connectivity index (χ2v) is 5.49. The number of nitrogens with zero attached hydrogens (tertiary/aromatic N) is 1. The quantitative estimate of drug-likeness (QED) is 0.936. The summed E-state index contributed by atoms with van der Waals surface area (Å²) >= 11 is 3.43. The summed E-state index contributed by atoms with van der Waals surface area (Å²) in [5.74, 6) is 1.74. The Morgan fingerprint density at radius 1 is 1.32 bits per heavy atom. The highest BCUT2D eigenvalue weighted by atomic mass is 79.9. The van der Waals surface area contributed by atoms with E-state index in [1.807, 2.05) is 39.0 Å². The summed E-state index contributed by atoms with van der Waals surface area (Å²) in [6.45, 7) is 5.90. The maximum atomic E-state index is 11.5. The minimum absolute atomic E-state index is 0.142. The van der Waals surface area contributed by atoms with E-state index in [1.54, 1.807) is 0 Å². The van der Waals surface area contributed by atoms with Crippen LogP contribution in [0.15, 0.2) is 33.5 Å². The fourth-order valence-corrected chi connectivity index (χ4v) is 1.83. The van der Waals surface area contributed by atoms with Gasteiger partial charge in [-0.3, -0.25) is 4.79 Å². The van der Waals surface area contributed by atoms with Gasteiger partial charge in [0.1, 0.15) is 11.6 Å². The van der Waals surface area contributed by atoms with Crippen LogP contribution in [0.1, 0.15) is 31.2 Å². The molecule has 0 amide bonds. The molecule has 2 rings (SSSR count). The number of hydrogen-bond acceptors (Lipinski definition) is 3. The number of aromatic nitrogens is 2. The normalized spacial score (nSPS) is 10.8. The highest BCUT2D eigenvalue weighted by molar-refractivity contribution is 9.10. The summed E-state index contributed by atoms with van der Waals surface area (Å²) in [4.78, 5) is 18.5. The number of hydrogen-bond donors (Lipinski definition) is 1. The van der Waals surface area contributed by atoms with Crippen LogP contribution >= 0.6 is 15.9 Å². The third-order valence-electron chi connectivity index (χ3n) is 2.64. The smallest absolute Gasteiger partial charge is 0.254 e. The van der Waals surface area contributed by atoms with Crippen LogP contribution in [0.25, 0.3) is 0 Å². The van der Waals surface area contributed by atoms with Gasteiger partial charge < -0.3 is 9.72 Å². The second-order valence-electron chi connectivity index (χ2n) is 4.64. The van der Waals surface area contributed by atoms with Crippen LogP contribution in [0.5, 0.6) is 11.6 Å². The molecule has 0 fully saturated rings. The topological polar surface area (TPSA) is 55.0 Å². The van der Waals surface area contributed by atoms with Crippen LogP contribution in [0, 0.1) is 6.92 Å². The van der Waals surface area contributed by atoms with E-state index >= 15 is 0 Å². The molecule has 0 radical (unpaired) electrons. The van der Waals surface area contributed by atoms with E-state index in [4.69, 9.17) is 4.74 Å². The van der Waals surface area contributed by atoms with Gasteiger partial charge in [0, 0.05) is 10.4 Å². The lowest BCUT2D eigenvalue weighted by molar-refractivity contribution is 0.455. The zero-order valence-electron chi connectivity index (χ0n) is 11.0. The Labute approximate surface area is 120 Å². The van der Waals surface area contributed by atoms with E-state index in [0.717, 1.165) is 10.0 Å². The SMILES string of the molecule is Cc1cc(Oc2cc(=O)[nH]c(C(C)C)n2)ccc1Br.